The molecule has 1 aromatic heterocycles. The molecule has 1 fully saturated rings. The molecule has 0 aromatic carbocycles. The predicted octanol–water partition coefficient (Wildman–Crippen LogP) is 2.77. The molecule has 2 unspecified atom stereocenters. The van der Waals surface area contributed by atoms with Crippen molar-refractivity contribution in [2.24, 2.45) is 5.11 Å². The van der Waals surface area contributed by atoms with Crippen LogP contribution in [0.25, 0.3) is 10.4 Å². The fourth-order valence-corrected chi connectivity index (χ4v) is 4.41. The molecule has 11 nitrogen and oxygen atoms in total. The lowest BCUT2D eigenvalue weighted by Gasteiger charge is -2.43. The lowest BCUT2D eigenvalue weighted by molar-refractivity contribution is -0.201. The molecule has 30 heavy (non-hydrogen) atoms. The van der Waals surface area contributed by atoms with Crippen molar-refractivity contribution in [3.8, 4) is 0 Å². The van der Waals surface area contributed by atoms with E-state index in [1.807, 2.05) is 0 Å². The van der Waals surface area contributed by atoms with Crippen LogP contribution in [0.2, 0.25) is 0 Å². The number of pyridine rings is 1. The normalized spacial score (nSPS) is 25.5. The van der Waals surface area contributed by atoms with Gasteiger partial charge in [-0.1, -0.05) is 16.9 Å². The lowest BCUT2D eigenvalue weighted by atomic mass is 9.97. The maximum atomic E-state index is 11.7. The Hall–Kier alpha value is -2.34. The minimum Gasteiger partial charge on any atom is -0.463 e. The van der Waals surface area contributed by atoms with E-state index in [-0.39, 0.29) is 6.61 Å². The largest absolute Gasteiger partial charge is 0.463 e. The molecule has 5 atom stereocenters. The van der Waals surface area contributed by atoms with Gasteiger partial charge in [0.25, 0.3) is 0 Å². The van der Waals surface area contributed by atoms with E-state index in [9.17, 15) is 14.4 Å². The van der Waals surface area contributed by atoms with Crippen molar-refractivity contribution in [1.29, 1.82) is 0 Å². The van der Waals surface area contributed by atoms with E-state index in [1.165, 1.54) is 20.8 Å². The SMILES string of the molecule is CC(=O)OCC1O[C@H](Sc2cncc(Br)c2)[C@@H](OC(C)=O)C(N=[N+]=[N-])[C@H]1OC(C)=O. The van der Waals surface area contributed by atoms with Crippen molar-refractivity contribution in [3.05, 3.63) is 33.4 Å². The highest BCUT2D eigenvalue weighted by molar-refractivity contribution is 9.10. The van der Waals surface area contributed by atoms with Gasteiger partial charge in [0.2, 0.25) is 0 Å². The smallest absolute Gasteiger partial charge is 0.303 e. The zero-order valence-electron chi connectivity index (χ0n) is 16.3. The van der Waals surface area contributed by atoms with Gasteiger partial charge in [0.1, 0.15) is 36.4 Å². The van der Waals surface area contributed by atoms with Crippen LogP contribution >= 0.6 is 27.7 Å². The molecule has 2 heterocycles. The van der Waals surface area contributed by atoms with Crippen molar-refractivity contribution < 1.29 is 33.3 Å². The van der Waals surface area contributed by atoms with Crippen molar-refractivity contribution >= 4 is 45.6 Å². The van der Waals surface area contributed by atoms with Gasteiger partial charge in [-0.2, -0.15) is 0 Å². The van der Waals surface area contributed by atoms with Crippen molar-refractivity contribution in [1.82, 2.24) is 4.98 Å². The molecular weight excluding hydrogens is 484 g/mol. The van der Waals surface area contributed by atoms with Gasteiger partial charge < -0.3 is 18.9 Å². The van der Waals surface area contributed by atoms with E-state index < -0.39 is 47.7 Å². The molecule has 162 valence electrons. The summed E-state index contributed by atoms with van der Waals surface area (Å²) >= 11 is 4.49. The third-order valence-electron chi connectivity index (χ3n) is 3.79. The molecule has 0 bridgehead atoms. The number of esters is 3. The van der Waals surface area contributed by atoms with Crippen LogP contribution in [-0.4, -0.2) is 59.3 Å². The number of aromatic nitrogens is 1. The van der Waals surface area contributed by atoms with Gasteiger partial charge in [-0.3, -0.25) is 19.4 Å². The van der Waals surface area contributed by atoms with Crippen LogP contribution in [0.5, 0.6) is 0 Å². The number of hydrogen-bond acceptors (Lipinski definition) is 10. The van der Waals surface area contributed by atoms with E-state index in [1.54, 1.807) is 18.5 Å². The summed E-state index contributed by atoms with van der Waals surface area (Å²) in [7, 11) is 0. The van der Waals surface area contributed by atoms with E-state index in [2.05, 4.69) is 30.9 Å². The Morgan fingerprint density at radius 1 is 1.20 bits per heavy atom. The fourth-order valence-electron chi connectivity index (χ4n) is 2.76. The highest BCUT2D eigenvalue weighted by Crippen LogP contribution is 2.37. The number of ether oxygens (including phenoxy) is 4. The number of carbonyl (C=O) groups is 3. The number of nitrogens with zero attached hydrogens (tertiary/aromatic N) is 4. The molecule has 0 aliphatic carbocycles. The standard InChI is InChI=1S/C17H19BrN4O7S/c1-8(23)26-7-13-15(27-9(2)24)14(21-22-19)16(28-10(3)25)17(29-13)30-12-4-11(18)5-20-6-12/h4-6,13-17H,7H2,1-3H3/t13?,14?,15-,16-,17+/m0/s1. The van der Waals surface area contributed by atoms with Gasteiger partial charge in [-0.25, -0.2) is 0 Å². The molecule has 0 saturated carbocycles. The first-order chi connectivity index (χ1) is 14.2. The minimum absolute atomic E-state index is 0.259. The number of thioether (sulfide) groups is 1. The molecule has 0 N–H and O–H groups in total. The van der Waals surface area contributed by atoms with E-state index in [0.29, 0.717) is 9.37 Å². The van der Waals surface area contributed by atoms with Crippen LogP contribution < -0.4 is 0 Å². The Morgan fingerprint density at radius 2 is 1.87 bits per heavy atom. The number of hydrogen-bond donors (Lipinski definition) is 0. The summed E-state index contributed by atoms with van der Waals surface area (Å²) in [6, 6.07) is 0.655. The second kappa shape index (κ2) is 11.2. The lowest BCUT2D eigenvalue weighted by Crippen LogP contribution is -2.59. The predicted molar refractivity (Wildman–Crippen MR) is 107 cm³/mol. The van der Waals surface area contributed by atoms with Gasteiger partial charge in [-0.05, 0) is 27.5 Å². The number of azide groups is 1. The minimum atomic E-state index is -1.14. The van der Waals surface area contributed by atoms with Crippen LogP contribution in [0.1, 0.15) is 20.8 Å². The molecule has 1 aliphatic heterocycles. The third kappa shape index (κ3) is 6.87. The molecule has 0 amide bonds. The second-order valence-electron chi connectivity index (χ2n) is 6.15. The molecule has 13 heteroatoms. The summed E-state index contributed by atoms with van der Waals surface area (Å²) in [5.74, 6) is -1.87. The molecule has 0 spiro atoms. The van der Waals surface area contributed by atoms with Gasteiger partial charge in [0.15, 0.2) is 0 Å². The van der Waals surface area contributed by atoms with Crippen LogP contribution in [0.3, 0.4) is 0 Å². The number of halogens is 1. The maximum Gasteiger partial charge on any atom is 0.303 e. The van der Waals surface area contributed by atoms with E-state index in [4.69, 9.17) is 24.5 Å². The summed E-state index contributed by atoms with van der Waals surface area (Å²) in [4.78, 5) is 42.2. The molecule has 1 aromatic rings. The van der Waals surface area contributed by atoms with Crippen LogP contribution in [-0.2, 0) is 33.3 Å². The topological polar surface area (TPSA) is 150 Å². The number of rotatable bonds is 7. The highest BCUT2D eigenvalue weighted by atomic mass is 79.9. The van der Waals surface area contributed by atoms with Crippen molar-refractivity contribution in [2.45, 2.75) is 55.5 Å². The van der Waals surface area contributed by atoms with Crippen LogP contribution in [0.15, 0.2) is 32.9 Å². The summed E-state index contributed by atoms with van der Waals surface area (Å²) < 4.78 is 22.4. The Kier molecular flexibility index (Phi) is 8.90. The fraction of sp³-hybridized carbons (Fsp3) is 0.529. The van der Waals surface area contributed by atoms with Crippen LogP contribution in [0, 0.1) is 0 Å². The first-order valence-electron chi connectivity index (χ1n) is 8.66. The van der Waals surface area contributed by atoms with Gasteiger partial charge in [0, 0.05) is 47.4 Å². The van der Waals surface area contributed by atoms with Gasteiger partial charge in [0.05, 0.1) is 0 Å². The Balaban J connectivity index is 2.43. The quantitative estimate of drug-likeness (QED) is 0.180. The van der Waals surface area contributed by atoms with Crippen molar-refractivity contribution in [2.75, 3.05) is 6.61 Å². The monoisotopic (exact) mass is 502 g/mol. The third-order valence-corrected chi connectivity index (χ3v) is 5.33. The van der Waals surface area contributed by atoms with E-state index in [0.717, 1.165) is 11.8 Å². The Labute approximate surface area is 184 Å². The molecular formula is C17H19BrN4O7S. The summed E-state index contributed by atoms with van der Waals surface area (Å²) in [6.45, 7) is 3.33. The molecule has 0 radical (unpaired) electrons. The highest BCUT2D eigenvalue weighted by Gasteiger charge is 2.50. The maximum absolute atomic E-state index is 11.7. The first-order valence-corrected chi connectivity index (χ1v) is 10.3. The zero-order chi connectivity index (χ0) is 22.3. The van der Waals surface area contributed by atoms with Crippen molar-refractivity contribution in [3.63, 3.8) is 0 Å². The second-order valence-corrected chi connectivity index (χ2v) is 8.23. The van der Waals surface area contributed by atoms with Gasteiger partial charge in [-0.15, -0.1) is 0 Å². The average molecular weight is 503 g/mol. The molecule has 2 rings (SSSR count). The molecule has 1 saturated heterocycles. The van der Waals surface area contributed by atoms with Gasteiger partial charge >= 0.3 is 17.9 Å². The summed E-state index contributed by atoms with van der Waals surface area (Å²) in [5, 5.41) is 3.71. The number of carbonyl (C=O) groups excluding carboxylic acids is 3. The Morgan fingerprint density at radius 3 is 2.43 bits per heavy atom. The summed E-state index contributed by atoms with van der Waals surface area (Å²) in [6.07, 6.45) is -0.0124. The first kappa shape index (κ1) is 23.9. The Bertz CT molecular complexity index is 851. The molecule has 1 aliphatic rings. The average Bonchev–Trinajstić information content (AvgIpc) is 2.64. The summed E-state index contributed by atoms with van der Waals surface area (Å²) in [5.41, 5.74) is 8.20. The zero-order valence-corrected chi connectivity index (χ0v) is 18.7. The van der Waals surface area contributed by atoms with Crippen LogP contribution in [0.4, 0.5) is 0 Å². The van der Waals surface area contributed by atoms with E-state index >= 15 is 0 Å².